The van der Waals surface area contributed by atoms with Crippen LogP contribution in [0.15, 0.2) is 36.4 Å². The van der Waals surface area contributed by atoms with Crippen LogP contribution in [0.1, 0.15) is 21.5 Å². The van der Waals surface area contributed by atoms with Gasteiger partial charge in [0.25, 0.3) is 5.91 Å². The normalized spacial score (nSPS) is 10.3. The van der Waals surface area contributed by atoms with Crippen molar-refractivity contribution in [3.05, 3.63) is 58.1 Å². The fraction of sp³-hybridized carbons (Fsp3) is 0.133. The molecule has 0 heterocycles. The Morgan fingerprint density at radius 3 is 2.53 bits per heavy atom. The Morgan fingerprint density at radius 2 is 1.84 bits per heavy atom. The lowest BCUT2D eigenvalue weighted by molar-refractivity contribution is 0.102. The zero-order valence-electron chi connectivity index (χ0n) is 10.8. The largest absolute Gasteiger partial charge is 0.398 e. The number of benzene rings is 2. The lowest BCUT2D eigenvalue weighted by atomic mass is 10.1. The number of hydrogen-bond acceptors (Lipinski definition) is 2. The maximum Gasteiger partial charge on any atom is 0.255 e. The van der Waals surface area contributed by atoms with Crippen LogP contribution in [0.2, 0.25) is 5.02 Å². The number of amides is 1. The van der Waals surface area contributed by atoms with Gasteiger partial charge in [0.15, 0.2) is 0 Å². The van der Waals surface area contributed by atoms with Crippen molar-refractivity contribution in [1.29, 1.82) is 0 Å². The maximum absolute atomic E-state index is 12.2. The number of hydrogen-bond donors (Lipinski definition) is 2. The van der Waals surface area contributed by atoms with E-state index in [1.165, 1.54) is 0 Å². The Morgan fingerprint density at radius 1 is 1.16 bits per heavy atom. The zero-order chi connectivity index (χ0) is 14.0. The molecular weight excluding hydrogens is 260 g/mol. The smallest absolute Gasteiger partial charge is 0.255 e. The van der Waals surface area contributed by atoms with E-state index in [0.29, 0.717) is 22.0 Å². The SMILES string of the molecule is Cc1cc(N)c(Cl)cc1NC(=O)c1ccccc1C. The average Bonchev–Trinajstić information content (AvgIpc) is 2.36. The predicted molar refractivity (Wildman–Crippen MR) is 79.7 cm³/mol. The second-order valence-corrected chi connectivity index (χ2v) is 4.86. The van der Waals surface area contributed by atoms with Gasteiger partial charge in [-0.25, -0.2) is 0 Å². The number of aryl methyl sites for hydroxylation is 2. The fourth-order valence-corrected chi connectivity index (χ4v) is 2.02. The molecule has 0 atom stereocenters. The number of nitrogens with one attached hydrogen (secondary N) is 1. The first-order valence-corrected chi connectivity index (χ1v) is 6.29. The molecule has 3 N–H and O–H groups in total. The second-order valence-electron chi connectivity index (χ2n) is 4.46. The highest BCUT2D eigenvalue weighted by Crippen LogP contribution is 2.27. The van der Waals surface area contributed by atoms with E-state index in [0.717, 1.165) is 11.1 Å². The molecule has 0 saturated heterocycles. The maximum atomic E-state index is 12.2. The number of halogens is 1. The topological polar surface area (TPSA) is 55.1 Å². The molecule has 2 aromatic rings. The molecule has 1 amide bonds. The van der Waals surface area contributed by atoms with E-state index in [1.807, 2.05) is 32.0 Å². The van der Waals surface area contributed by atoms with E-state index in [2.05, 4.69) is 5.32 Å². The Hall–Kier alpha value is -2.00. The zero-order valence-corrected chi connectivity index (χ0v) is 11.6. The second kappa shape index (κ2) is 5.33. The van der Waals surface area contributed by atoms with E-state index in [9.17, 15) is 4.79 Å². The molecular formula is C15H15ClN2O. The van der Waals surface area contributed by atoms with Crippen LogP contribution in [0.5, 0.6) is 0 Å². The van der Waals surface area contributed by atoms with Crippen LogP contribution in [0.4, 0.5) is 11.4 Å². The van der Waals surface area contributed by atoms with Crippen LogP contribution < -0.4 is 11.1 Å². The van der Waals surface area contributed by atoms with Gasteiger partial charge < -0.3 is 11.1 Å². The molecule has 0 bridgehead atoms. The molecule has 0 saturated carbocycles. The minimum absolute atomic E-state index is 0.151. The third kappa shape index (κ3) is 2.88. The summed E-state index contributed by atoms with van der Waals surface area (Å²) in [6.45, 7) is 3.78. The van der Waals surface area contributed by atoms with Gasteiger partial charge in [-0.3, -0.25) is 4.79 Å². The van der Waals surface area contributed by atoms with Crippen molar-refractivity contribution in [2.45, 2.75) is 13.8 Å². The van der Waals surface area contributed by atoms with Crippen LogP contribution in [0, 0.1) is 13.8 Å². The van der Waals surface area contributed by atoms with Crippen LogP contribution in [-0.2, 0) is 0 Å². The van der Waals surface area contributed by atoms with Crippen LogP contribution in [0.25, 0.3) is 0 Å². The van der Waals surface area contributed by atoms with Crippen molar-refractivity contribution >= 4 is 28.9 Å². The number of rotatable bonds is 2. The molecule has 0 fully saturated rings. The van der Waals surface area contributed by atoms with Gasteiger partial charge in [-0.2, -0.15) is 0 Å². The molecule has 3 nitrogen and oxygen atoms in total. The average molecular weight is 275 g/mol. The number of anilines is 2. The highest BCUT2D eigenvalue weighted by atomic mass is 35.5. The van der Waals surface area contributed by atoms with Crippen LogP contribution >= 0.6 is 11.6 Å². The summed E-state index contributed by atoms with van der Waals surface area (Å²) in [6.07, 6.45) is 0. The third-order valence-electron chi connectivity index (χ3n) is 2.98. The Kier molecular flexibility index (Phi) is 3.76. The molecule has 0 unspecified atom stereocenters. The van der Waals surface area contributed by atoms with Gasteiger partial charge >= 0.3 is 0 Å². The number of nitrogens with two attached hydrogens (primary N) is 1. The Labute approximate surface area is 117 Å². The number of carbonyl (C=O) groups is 1. The van der Waals surface area contributed by atoms with Gasteiger partial charge in [-0.1, -0.05) is 29.8 Å². The Balaban J connectivity index is 2.30. The van der Waals surface area contributed by atoms with Gasteiger partial charge in [0, 0.05) is 11.3 Å². The van der Waals surface area contributed by atoms with Crippen molar-refractivity contribution < 1.29 is 4.79 Å². The van der Waals surface area contributed by atoms with Crippen LogP contribution in [0.3, 0.4) is 0 Å². The van der Waals surface area contributed by atoms with Gasteiger partial charge in [-0.05, 0) is 43.2 Å². The molecule has 0 aliphatic heterocycles. The first-order chi connectivity index (χ1) is 8.99. The van der Waals surface area contributed by atoms with Crippen molar-refractivity contribution in [1.82, 2.24) is 0 Å². The molecule has 0 aromatic heterocycles. The first-order valence-electron chi connectivity index (χ1n) is 5.91. The summed E-state index contributed by atoms with van der Waals surface area (Å²) >= 11 is 5.97. The van der Waals surface area contributed by atoms with Crippen molar-refractivity contribution in [2.24, 2.45) is 0 Å². The lowest BCUT2D eigenvalue weighted by Gasteiger charge is -2.11. The van der Waals surface area contributed by atoms with Gasteiger partial charge in [-0.15, -0.1) is 0 Å². The molecule has 0 spiro atoms. The number of nitrogen functional groups attached to an aromatic ring is 1. The molecule has 0 aliphatic rings. The van der Waals surface area contributed by atoms with Gasteiger partial charge in [0.2, 0.25) is 0 Å². The molecule has 0 radical (unpaired) electrons. The third-order valence-corrected chi connectivity index (χ3v) is 3.31. The molecule has 98 valence electrons. The predicted octanol–water partition coefficient (Wildman–Crippen LogP) is 3.79. The molecule has 0 aliphatic carbocycles. The fourth-order valence-electron chi connectivity index (χ4n) is 1.86. The molecule has 2 rings (SSSR count). The minimum Gasteiger partial charge on any atom is -0.398 e. The van der Waals surface area contributed by atoms with E-state index >= 15 is 0 Å². The summed E-state index contributed by atoms with van der Waals surface area (Å²) < 4.78 is 0. The highest BCUT2D eigenvalue weighted by molar-refractivity contribution is 6.33. The molecule has 19 heavy (non-hydrogen) atoms. The van der Waals surface area contributed by atoms with E-state index in [1.54, 1.807) is 18.2 Å². The van der Waals surface area contributed by atoms with Gasteiger partial charge in [0.05, 0.1) is 10.7 Å². The summed E-state index contributed by atoms with van der Waals surface area (Å²) in [5, 5.41) is 3.29. The quantitative estimate of drug-likeness (QED) is 0.819. The van der Waals surface area contributed by atoms with Crippen molar-refractivity contribution in [2.75, 3.05) is 11.1 Å². The van der Waals surface area contributed by atoms with E-state index in [4.69, 9.17) is 17.3 Å². The molecule has 4 heteroatoms. The standard InChI is InChI=1S/C15H15ClN2O/c1-9-5-3-4-6-11(9)15(19)18-14-8-12(16)13(17)7-10(14)2/h3-8H,17H2,1-2H3,(H,18,19). The first kappa shape index (κ1) is 13.4. The summed E-state index contributed by atoms with van der Waals surface area (Å²) in [4.78, 5) is 12.2. The summed E-state index contributed by atoms with van der Waals surface area (Å²) in [7, 11) is 0. The van der Waals surface area contributed by atoms with E-state index < -0.39 is 0 Å². The lowest BCUT2D eigenvalue weighted by Crippen LogP contribution is -2.14. The monoisotopic (exact) mass is 274 g/mol. The summed E-state index contributed by atoms with van der Waals surface area (Å²) in [6, 6.07) is 10.8. The Bertz CT molecular complexity index is 638. The molecule has 2 aromatic carbocycles. The summed E-state index contributed by atoms with van der Waals surface area (Å²) in [5.41, 5.74) is 9.35. The minimum atomic E-state index is -0.151. The van der Waals surface area contributed by atoms with Crippen molar-refractivity contribution in [3.8, 4) is 0 Å². The summed E-state index contributed by atoms with van der Waals surface area (Å²) in [5.74, 6) is -0.151. The van der Waals surface area contributed by atoms with Gasteiger partial charge in [0.1, 0.15) is 0 Å². The van der Waals surface area contributed by atoms with Crippen molar-refractivity contribution in [3.63, 3.8) is 0 Å². The van der Waals surface area contributed by atoms with E-state index in [-0.39, 0.29) is 5.91 Å². The number of carbonyl (C=O) groups excluding carboxylic acids is 1. The van der Waals surface area contributed by atoms with Crippen LogP contribution in [-0.4, -0.2) is 5.91 Å². The highest BCUT2D eigenvalue weighted by Gasteiger charge is 2.11.